The fourth-order valence-corrected chi connectivity index (χ4v) is 6.82. The second kappa shape index (κ2) is 26.3. The number of rotatable bonds is 29. The Hall–Kier alpha value is -3.48. The molecular weight excluding hydrogens is 661 g/mol. The molecule has 0 radical (unpaired) electrons. The lowest BCUT2D eigenvalue weighted by molar-refractivity contribution is -0.155. The van der Waals surface area contributed by atoms with E-state index in [0.29, 0.717) is 32.7 Å². The Balaban J connectivity index is 1.13. The van der Waals surface area contributed by atoms with E-state index in [9.17, 15) is 9.59 Å². The van der Waals surface area contributed by atoms with Gasteiger partial charge < -0.3 is 18.9 Å². The molecule has 0 bridgehead atoms. The molecular formula is C47H68O6. The van der Waals surface area contributed by atoms with E-state index in [0.717, 1.165) is 42.4 Å². The average molecular weight is 729 g/mol. The summed E-state index contributed by atoms with van der Waals surface area (Å²) in [6, 6.07) is 30.9. The lowest BCUT2D eigenvalue weighted by atomic mass is 9.80. The van der Waals surface area contributed by atoms with Gasteiger partial charge in [-0.3, -0.25) is 9.59 Å². The summed E-state index contributed by atoms with van der Waals surface area (Å²) in [6.07, 6.45) is 20.6. The topological polar surface area (TPSA) is 71.1 Å². The van der Waals surface area contributed by atoms with Crippen LogP contribution in [0.5, 0.6) is 0 Å². The molecule has 292 valence electrons. The van der Waals surface area contributed by atoms with Crippen LogP contribution in [0.3, 0.4) is 0 Å². The van der Waals surface area contributed by atoms with E-state index >= 15 is 0 Å². The van der Waals surface area contributed by atoms with Gasteiger partial charge in [-0.1, -0.05) is 181 Å². The number of carbonyl (C=O) groups excluding carboxylic acids is 2. The maximum Gasteiger partial charge on any atom is 0.306 e. The average Bonchev–Trinajstić information content (AvgIpc) is 3.16. The summed E-state index contributed by atoms with van der Waals surface area (Å²) in [7, 11) is 0. The highest BCUT2D eigenvalue weighted by atomic mass is 16.6. The fourth-order valence-electron chi connectivity index (χ4n) is 6.82. The molecule has 0 heterocycles. The minimum Gasteiger partial charge on any atom is -0.463 e. The Morgan fingerprint density at radius 2 is 0.774 bits per heavy atom. The quantitative estimate of drug-likeness (QED) is 0.0403. The predicted molar refractivity (Wildman–Crippen MR) is 216 cm³/mol. The van der Waals surface area contributed by atoms with Gasteiger partial charge in [-0.15, -0.1) is 0 Å². The van der Waals surface area contributed by atoms with E-state index in [1.165, 1.54) is 77.0 Å². The van der Waals surface area contributed by atoms with Gasteiger partial charge in [0.05, 0.1) is 19.8 Å². The third-order valence-corrected chi connectivity index (χ3v) is 9.51. The van der Waals surface area contributed by atoms with Crippen molar-refractivity contribution in [1.29, 1.82) is 0 Å². The summed E-state index contributed by atoms with van der Waals surface area (Å²) in [5.74, 6) is -0.207. The number of hydrogen-bond acceptors (Lipinski definition) is 6. The number of benzene rings is 3. The van der Waals surface area contributed by atoms with Gasteiger partial charge in [0.15, 0.2) is 0 Å². The van der Waals surface area contributed by atoms with Crippen LogP contribution in [0.2, 0.25) is 0 Å². The fraction of sp³-hybridized carbons (Fsp3) is 0.574. The van der Waals surface area contributed by atoms with Crippen molar-refractivity contribution < 1.29 is 28.5 Å². The molecule has 0 unspecified atom stereocenters. The Morgan fingerprint density at radius 1 is 0.434 bits per heavy atom. The first-order valence-corrected chi connectivity index (χ1v) is 20.6. The molecule has 3 aromatic rings. The van der Waals surface area contributed by atoms with Crippen molar-refractivity contribution >= 4 is 11.9 Å². The SMILES string of the molecule is CC(C)(C)OC(=O)CCCCCCCCCCCCCCCCCCC(=O)OCCOCCOC(c1ccccc1)(c1ccccc1)c1ccccc1. The van der Waals surface area contributed by atoms with E-state index < -0.39 is 5.60 Å². The number of esters is 2. The van der Waals surface area contributed by atoms with E-state index in [-0.39, 0.29) is 24.1 Å². The lowest BCUT2D eigenvalue weighted by Gasteiger charge is -2.36. The molecule has 0 saturated carbocycles. The van der Waals surface area contributed by atoms with Gasteiger partial charge in [-0.2, -0.15) is 0 Å². The Morgan fingerprint density at radius 3 is 1.15 bits per heavy atom. The smallest absolute Gasteiger partial charge is 0.306 e. The summed E-state index contributed by atoms with van der Waals surface area (Å²) in [6.45, 7) is 7.15. The predicted octanol–water partition coefficient (Wildman–Crippen LogP) is 11.9. The van der Waals surface area contributed by atoms with Crippen molar-refractivity contribution in [2.24, 2.45) is 0 Å². The van der Waals surface area contributed by atoms with Crippen LogP contribution in [0, 0.1) is 0 Å². The molecule has 3 aromatic carbocycles. The van der Waals surface area contributed by atoms with Crippen LogP contribution in [0.1, 0.15) is 153 Å². The van der Waals surface area contributed by atoms with E-state index in [1.807, 2.05) is 75.4 Å². The summed E-state index contributed by atoms with van der Waals surface area (Å²) >= 11 is 0. The molecule has 0 saturated heterocycles. The molecule has 53 heavy (non-hydrogen) atoms. The van der Waals surface area contributed by atoms with E-state index in [1.54, 1.807) is 0 Å². The first-order valence-electron chi connectivity index (χ1n) is 20.6. The molecule has 0 fully saturated rings. The summed E-state index contributed by atoms with van der Waals surface area (Å²) in [4.78, 5) is 24.0. The van der Waals surface area contributed by atoms with Crippen LogP contribution in [-0.2, 0) is 34.1 Å². The second-order valence-electron chi connectivity index (χ2n) is 15.2. The third-order valence-electron chi connectivity index (χ3n) is 9.51. The Kier molecular flexibility index (Phi) is 21.8. The molecule has 0 amide bonds. The maximum atomic E-state index is 12.2. The number of unbranched alkanes of at least 4 members (excludes halogenated alkanes) is 15. The number of carbonyl (C=O) groups is 2. The minimum absolute atomic E-state index is 0.0678. The van der Waals surface area contributed by atoms with Crippen molar-refractivity contribution in [3.63, 3.8) is 0 Å². The molecule has 6 heteroatoms. The van der Waals surface area contributed by atoms with Crippen molar-refractivity contribution in [3.05, 3.63) is 108 Å². The standard InChI is InChI=1S/C47H68O6/c1-46(2,3)53-45(49)36-28-17-15-13-11-9-7-5-4-6-8-10-12-14-16-27-35-44(48)51-39-37-50-38-40-52-47(41-29-21-18-22-30-41,42-31-23-19-24-32-42)43-33-25-20-26-34-43/h18-26,29-34H,4-17,27-28,35-40H2,1-3H3. The van der Waals surface area contributed by atoms with Gasteiger partial charge in [0.2, 0.25) is 0 Å². The highest BCUT2D eigenvalue weighted by molar-refractivity contribution is 5.69. The van der Waals surface area contributed by atoms with Gasteiger partial charge in [0.25, 0.3) is 0 Å². The van der Waals surface area contributed by atoms with Crippen molar-refractivity contribution in [3.8, 4) is 0 Å². The molecule has 0 aromatic heterocycles. The highest BCUT2D eigenvalue weighted by Crippen LogP contribution is 2.40. The van der Waals surface area contributed by atoms with Gasteiger partial charge >= 0.3 is 11.9 Å². The molecule has 0 N–H and O–H groups in total. The monoisotopic (exact) mass is 729 g/mol. The van der Waals surface area contributed by atoms with E-state index in [2.05, 4.69) is 36.4 Å². The van der Waals surface area contributed by atoms with Crippen molar-refractivity contribution in [2.75, 3.05) is 26.4 Å². The Labute approximate surface area is 321 Å². The minimum atomic E-state index is -0.769. The van der Waals surface area contributed by atoms with Crippen LogP contribution >= 0.6 is 0 Å². The zero-order chi connectivity index (χ0) is 37.9. The summed E-state index contributed by atoms with van der Waals surface area (Å²) in [5.41, 5.74) is 2.03. The van der Waals surface area contributed by atoms with Gasteiger partial charge in [-0.05, 0) is 50.3 Å². The van der Waals surface area contributed by atoms with Crippen LogP contribution in [0.4, 0.5) is 0 Å². The van der Waals surface area contributed by atoms with Crippen LogP contribution < -0.4 is 0 Å². The van der Waals surface area contributed by atoms with Gasteiger partial charge in [0.1, 0.15) is 17.8 Å². The first kappa shape index (κ1) is 43.9. The van der Waals surface area contributed by atoms with Crippen LogP contribution in [0.25, 0.3) is 0 Å². The first-order chi connectivity index (χ1) is 25.8. The molecule has 0 spiro atoms. The molecule has 6 nitrogen and oxygen atoms in total. The van der Waals surface area contributed by atoms with Crippen LogP contribution in [0.15, 0.2) is 91.0 Å². The zero-order valence-corrected chi connectivity index (χ0v) is 33.2. The molecule has 0 aliphatic carbocycles. The van der Waals surface area contributed by atoms with Crippen molar-refractivity contribution in [2.45, 2.75) is 148 Å². The summed E-state index contributed by atoms with van der Waals surface area (Å²) in [5, 5.41) is 0. The molecule has 3 rings (SSSR count). The van der Waals surface area contributed by atoms with E-state index in [4.69, 9.17) is 18.9 Å². The lowest BCUT2D eigenvalue weighted by Crippen LogP contribution is -2.34. The van der Waals surface area contributed by atoms with Crippen molar-refractivity contribution in [1.82, 2.24) is 0 Å². The molecule has 0 aliphatic heterocycles. The normalized spacial score (nSPS) is 11.8. The van der Waals surface area contributed by atoms with Gasteiger partial charge in [-0.25, -0.2) is 0 Å². The second-order valence-corrected chi connectivity index (χ2v) is 15.2. The van der Waals surface area contributed by atoms with Gasteiger partial charge in [0, 0.05) is 12.8 Å². The molecule has 0 aliphatic rings. The Bertz CT molecular complexity index is 1260. The largest absolute Gasteiger partial charge is 0.463 e. The summed E-state index contributed by atoms with van der Waals surface area (Å²) < 4.78 is 23.3. The maximum absolute atomic E-state index is 12.2. The third kappa shape index (κ3) is 18.4. The number of hydrogen-bond donors (Lipinski definition) is 0. The number of ether oxygens (including phenoxy) is 4. The molecule has 0 atom stereocenters. The zero-order valence-electron chi connectivity index (χ0n) is 33.2. The highest BCUT2D eigenvalue weighted by Gasteiger charge is 2.37. The van der Waals surface area contributed by atoms with Crippen LogP contribution in [-0.4, -0.2) is 44.0 Å².